The van der Waals surface area contributed by atoms with E-state index in [1.165, 1.54) is 12.1 Å². The van der Waals surface area contributed by atoms with Crippen LogP contribution in [0.4, 0.5) is 20.2 Å². The first-order valence-electron chi connectivity index (χ1n) is 8.21. The van der Waals surface area contributed by atoms with E-state index in [1.54, 1.807) is 24.1 Å². The quantitative estimate of drug-likeness (QED) is 0.670. The molecule has 2 aromatic carbocycles. The van der Waals surface area contributed by atoms with Gasteiger partial charge in [0.15, 0.2) is 0 Å². The topological polar surface area (TPSA) is 61.4 Å². The van der Waals surface area contributed by atoms with Crippen molar-refractivity contribution >= 4 is 35.0 Å². The van der Waals surface area contributed by atoms with Gasteiger partial charge in [-0.25, -0.2) is 0 Å². The van der Waals surface area contributed by atoms with E-state index in [2.05, 4.69) is 10.6 Å². The molecule has 0 saturated heterocycles. The molecule has 0 saturated carbocycles. The van der Waals surface area contributed by atoms with Crippen molar-refractivity contribution in [3.8, 4) is 0 Å². The number of alkyl halides is 2. The molecule has 0 unspecified atom stereocenters. The molecule has 27 heavy (non-hydrogen) atoms. The van der Waals surface area contributed by atoms with Crippen molar-refractivity contribution in [1.29, 1.82) is 0 Å². The Morgan fingerprint density at radius 1 is 0.926 bits per heavy atom. The number of likely N-dealkylation sites (N-methyl/N-ethyl adjacent to an activating group) is 1. The summed E-state index contributed by atoms with van der Waals surface area (Å²) in [4.78, 5) is 26.1. The summed E-state index contributed by atoms with van der Waals surface area (Å²) >= 11 is 0.446. The molecular formula is C19H21F2N3O2S. The third kappa shape index (κ3) is 7.76. The Hall–Kier alpha value is -2.45. The van der Waals surface area contributed by atoms with Gasteiger partial charge in [-0.1, -0.05) is 29.5 Å². The minimum Gasteiger partial charge on any atom is -0.325 e. The molecule has 8 heteroatoms. The van der Waals surface area contributed by atoms with E-state index < -0.39 is 5.76 Å². The van der Waals surface area contributed by atoms with Crippen LogP contribution >= 0.6 is 11.8 Å². The lowest BCUT2D eigenvalue weighted by molar-refractivity contribution is -0.119. The van der Waals surface area contributed by atoms with Crippen molar-refractivity contribution in [3.63, 3.8) is 0 Å². The summed E-state index contributed by atoms with van der Waals surface area (Å²) in [5, 5.41) is 5.44. The summed E-state index contributed by atoms with van der Waals surface area (Å²) < 4.78 is 24.6. The molecule has 0 spiro atoms. The fourth-order valence-corrected chi connectivity index (χ4v) is 2.80. The smallest absolute Gasteiger partial charge is 0.288 e. The number of anilines is 2. The lowest BCUT2D eigenvalue weighted by Gasteiger charge is -2.16. The molecule has 0 fully saturated rings. The Labute approximate surface area is 161 Å². The fraction of sp³-hybridized carbons (Fsp3) is 0.263. The van der Waals surface area contributed by atoms with E-state index in [9.17, 15) is 18.4 Å². The number of rotatable bonds is 8. The second-order valence-corrected chi connectivity index (χ2v) is 7.10. The van der Waals surface area contributed by atoms with Crippen molar-refractivity contribution in [3.05, 3.63) is 54.1 Å². The highest BCUT2D eigenvalue weighted by molar-refractivity contribution is 7.99. The van der Waals surface area contributed by atoms with Gasteiger partial charge in [0.05, 0.1) is 13.1 Å². The number of carbonyl (C=O) groups is 2. The summed E-state index contributed by atoms with van der Waals surface area (Å²) in [6, 6.07) is 13.6. The normalized spacial score (nSPS) is 10.9. The van der Waals surface area contributed by atoms with Crippen LogP contribution in [-0.2, 0) is 9.59 Å². The first-order valence-corrected chi connectivity index (χ1v) is 9.09. The third-order valence-electron chi connectivity index (χ3n) is 3.53. The van der Waals surface area contributed by atoms with E-state index in [0.29, 0.717) is 28.0 Å². The van der Waals surface area contributed by atoms with Gasteiger partial charge in [-0.2, -0.15) is 8.78 Å². The van der Waals surface area contributed by atoms with Crippen molar-refractivity contribution in [2.75, 3.05) is 30.8 Å². The van der Waals surface area contributed by atoms with Crippen LogP contribution in [0.25, 0.3) is 0 Å². The van der Waals surface area contributed by atoms with Crippen molar-refractivity contribution < 1.29 is 18.4 Å². The standard InChI is InChI=1S/C19H21F2N3O2S/c1-13-3-5-14(6-4-13)22-17(25)11-24(2)12-18(26)23-15-7-9-16(10-8-15)27-19(20)21/h3-10,19H,11-12H2,1-2H3,(H,22,25)(H,23,26). The highest BCUT2D eigenvalue weighted by atomic mass is 32.2. The van der Waals surface area contributed by atoms with Crippen LogP contribution in [0.15, 0.2) is 53.4 Å². The molecule has 144 valence electrons. The molecule has 2 rings (SSSR count). The first-order chi connectivity index (χ1) is 12.8. The summed E-state index contributed by atoms with van der Waals surface area (Å²) in [5.41, 5.74) is 2.31. The summed E-state index contributed by atoms with van der Waals surface area (Å²) in [5.74, 6) is -3.00. The molecule has 2 N–H and O–H groups in total. The molecule has 2 aromatic rings. The molecule has 0 bridgehead atoms. The van der Waals surface area contributed by atoms with Crippen molar-refractivity contribution in [1.82, 2.24) is 4.90 Å². The van der Waals surface area contributed by atoms with Gasteiger partial charge in [0, 0.05) is 16.3 Å². The molecule has 0 heterocycles. The van der Waals surface area contributed by atoms with Crippen LogP contribution in [0.2, 0.25) is 0 Å². The summed E-state index contributed by atoms with van der Waals surface area (Å²) in [7, 11) is 1.66. The summed E-state index contributed by atoms with van der Waals surface area (Å²) in [6.45, 7) is 2.04. The van der Waals surface area contributed by atoms with Crippen molar-refractivity contribution in [2.45, 2.75) is 17.6 Å². The molecule has 0 aliphatic rings. The molecule has 0 radical (unpaired) electrons. The third-order valence-corrected chi connectivity index (χ3v) is 4.25. The highest BCUT2D eigenvalue weighted by Crippen LogP contribution is 2.26. The van der Waals surface area contributed by atoms with Gasteiger partial charge in [0.2, 0.25) is 11.8 Å². The Bertz CT molecular complexity index is 768. The minimum absolute atomic E-state index is 0.0227. The number of benzene rings is 2. The van der Waals surface area contributed by atoms with Crippen LogP contribution in [0.3, 0.4) is 0 Å². The largest absolute Gasteiger partial charge is 0.325 e. The van der Waals surface area contributed by atoms with Gasteiger partial charge in [-0.3, -0.25) is 14.5 Å². The van der Waals surface area contributed by atoms with E-state index >= 15 is 0 Å². The Morgan fingerprint density at radius 2 is 1.37 bits per heavy atom. The zero-order valence-electron chi connectivity index (χ0n) is 15.0. The number of carbonyl (C=O) groups excluding carboxylic acids is 2. The highest BCUT2D eigenvalue weighted by Gasteiger charge is 2.12. The number of thioether (sulfide) groups is 1. The van der Waals surface area contributed by atoms with Gasteiger partial charge in [-0.15, -0.1) is 0 Å². The average molecular weight is 393 g/mol. The number of nitrogens with one attached hydrogen (secondary N) is 2. The number of amides is 2. The number of aryl methyl sites for hydroxylation is 1. The molecular weight excluding hydrogens is 372 g/mol. The number of nitrogens with zero attached hydrogens (tertiary/aromatic N) is 1. The molecule has 2 amide bonds. The van der Waals surface area contributed by atoms with Crippen LogP contribution in [0.5, 0.6) is 0 Å². The number of hydrogen-bond acceptors (Lipinski definition) is 4. The molecule has 5 nitrogen and oxygen atoms in total. The maximum Gasteiger partial charge on any atom is 0.288 e. The second kappa shape index (κ2) is 10.0. The maximum absolute atomic E-state index is 12.3. The van der Waals surface area contributed by atoms with Crippen LogP contribution < -0.4 is 10.6 Å². The van der Waals surface area contributed by atoms with Crippen molar-refractivity contribution in [2.24, 2.45) is 0 Å². The lowest BCUT2D eigenvalue weighted by Crippen LogP contribution is -2.36. The zero-order valence-corrected chi connectivity index (χ0v) is 15.9. The van der Waals surface area contributed by atoms with Gasteiger partial charge in [0.1, 0.15) is 0 Å². The maximum atomic E-state index is 12.3. The van der Waals surface area contributed by atoms with Gasteiger partial charge in [0.25, 0.3) is 5.76 Å². The minimum atomic E-state index is -2.48. The van der Waals surface area contributed by atoms with E-state index in [4.69, 9.17) is 0 Å². The zero-order chi connectivity index (χ0) is 19.8. The monoisotopic (exact) mass is 393 g/mol. The van der Waals surface area contributed by atoms with E-state index in [1.807, 2.05) is 31.2 Å². The van der Waals surface area contributed by atoms with Gasteiger partial charge in [-0.05, 0) is 50.4 Å². The first kappa shape index (κ1) is 20.9. The van der Waals surface area contributed by atoms with E-state index in [0.717, 1.165) is 5.56 Å². The lowest BCUT2D eigenvalue weighted by atomic mass is 10.2. The summed E-state index contributed by atoms with van der Waals surface area (Å²) in [6.07, 6.45) is 0. The van der Waals surface area contributed by atoms with Gasteiger partial charge < -0.3 is 10.6 Å². The second-order valence-electron chi connectivity index (χ2n) is 6.04. The van der Waals surface area contributed by atoms with Gasteiger partial charge >= 0.3 is 0 Å². The predicted octanol–water partition coefficient (Wildman–Crippen LogP) is 3.82. The van der Waals surface area contributed by atoms with Crippen LogP contribution in [-0.4, -0.2) is 42.6 Å². The Kier molecular flexibility index (Phi) is 7.75. The Morgan fingerprint density at radius 3 is 1.81 bits per heavy atom. The fourth-order valence-electron chi connectivity index (χ4n) is 2.30. The molecule has 0 aromatic heterocycles. The molecule has 0 aliphatic heterocycles. The average Bonchev–Trinajstić information content (AvgIpc) is 2.58. The predicted molar refractivity (Wildman–Crippen MR) is 104 cm³/mol. The van der Waals surface area contributed by atoms with E-state index in [-0.39, 0.29) is 24.9 Å². The van der Waals surface area contributed by atoms with Crippen LogP contribution in [0.1, 0.15) is 5.56 Å². The molecule has 0 atom stereocenters. The Balaban J connectivity index is 1.77. The number of halogens is 2. The number of hydrogen-bond donors (Lipinski definition) is 2. The van der Waals surface area contributed by atoms with Crippen LogP contribution in [0, 0.1) is 6.92 Å². The molecule has 0 aliphatic carbocycles. The SMILES string of the molecule is Cc1ccc(NC(=O)CN(C)CC(=O)Nc2ccc(SC(F)F)cc2)cc1.